The third kappa shape index (κ3) is 8.32. The summed E-state index contributed by atoms with van der Waals surface area (Å²) >= 11 is 0. The predicted molar refractivity (Wildman–Crippen MR) is 167 cm³/mol. The first-order valence-electron chi connectivity index (χ1n) is 14.5. The van der Waals surface area contributed by atoms with E-state index in [2.05, 4.69) is 0 Å². The molecule has 1 aliphatic rings. The molecule has 0 atom stereocenters. The number of aliphatic carboxylic acids is 1. The number of benzene rings is 3. The molecule has 1 fully saturated rings. The van der Waals surface area contributed by atoms with E-state index < -0.39 is 17.7 Å². The number of carbonyl (C=O) groups excluding carboxylic acids is 2. The Morgan fingerprint density at radius 2 is 1.50 bits per heavy atom. The van der Waals surface area contributed by atoms with Gasteiger partial charge in [-0.2, -0.15) is 0 Å². The standard InChI is InChI=1S/C35H40N2O5/c1-35(2,3)42-34(41)36(4)30-20-18-28(19-21-30)27-16-13-26(14-17-27)24-37(33(40)29-10-6-5-7-11-29)31-12-8-9-25(23-31)15-22-32(38)39/h8-9,12-23,29H,5-7,10-11,24H2,1-4H3,(H,38,39). The molecule has 0 unspecified atom stereocenters. The molecule has 7 nitrogen and oxygen atoms in total. The number of rotatable bonds is 8. The molecule has 0 aliphatic heterocycles. The molecule has 0 saturated heterocycles. The normalized spacial score (nSPS) is 14.0. The summed E-state index contributed by atoms with van der Waals surface area (Å²) in [4.78, 5) is 40.5. The van der Waals surface area contributed by atoms with Gasteiger partial charge >= 0.3 is 12.1 Å². The summed E-state index contributed by atoms with van der Waals surface area (Å²) in [5.41, 5.74) is 4.69. The van der Waals surface area contributed by atoms with Gasteiger partial charge in [0.15, 0.2) is 0 Å². The van der Waals surface area contributed by atoms with E-state index in [1.54, 1.807) is 13.1 Å². The highest BCUT2D eigenvalue weighted by atomic mass is 16.6. The average Bonchev–Trinajstić information content (AvgIpc) is 2.98. The van der Waals surface area contributed by atoms with Gasteiger partial charge in [0.05, 0.1) is 6.54 Å². The topological polar surface area (TPSA) is 87.2 Å². The molecule has 1 saturated carbocycles. The van der Waals surface area contributed by atoms with E-state index in [-0.39, 0.29) is 11.8 Å². The Kier molecular flexibility index (Phi) is 9.84. The molecule has 0 bridgehead atoms. The fourth-order valence-electron chi connectivity index (χ4n) is 5.13. The van der Waals surface area contributed by atoms with Crippen molar-refractivity contribution in [2.24, 2.45) is 5.92 Å². The van der Waals surface area contributed by atoms with E-state index in [0.29, 0.717) is 6.54 Å². The monoisotopic (exact) mass is 568 g/mol. The van der Waals surface area contributed by atoms with Gasteiger partial charge in [-0.15, -0.1) is 0 Å². The molecule has 0 aromatic heterocycles. The lowest BCUT2D eigenvalue weighted by Crippen LogP contribution is -2.36. The zero-order valence-corrected chi connectivity index (χ0v) is 24.9. The molecule has 1 N–H and O–H groups in total. The molecule has 0 radical (unpaired) electrons. The maximum absolute atomic E-state index is 13.8. The van der Waals surface area contributed by atoms with Gasteiger partial charge in [-0.1, -0.05) is 67.8 Å². The van der Waals surface area contributed by atoms with Crippen LogP contribution < -0.4 is 9.80 Å². The van der Waals surface area contributed by atoms with Gasteiger partial charge in [0.1, 0.15) is 5.60 Å². The Morgan fingerprint density at radius 3 is 2.10 bits per heavy atom. The second-order valence-corrected chi connectivity index (χ2v) is 11.8. The molecule has 3 aromatic rings. The second kappa shape index (κ2) is 13.5. The number of carboxylic acid groups (broad SMARTS) is 1. The van der Waals surface area contributed by atoms with Crippen molar-refractivity contribution >= 4 is 35.4 Å². The van der Waals surface area contributed by atoms with Crippen molar-refractivity contribution in [1.29, 1.82) is 0 Å². The maximum atomic E-state index is 13.8. The number of ether oxygens (including phenoxy) is 1. The van der Waals surface area contributed by atoms with Crippen molar-refractivity contribution in [2.45, 2.75) is 65.0 Å². The van der Waals surface area contributed by atoms with Crippen molar-refractivity contribution in [3.63, 3.8) is 0 Å². The highest BCUT2D eigenvalue weighted by molar-refractivity contribution is 5.95. The van der Waals surface area contributed by atoms with Crippen molar-refractivity contribution in [3.05, 3.63) is 90.0 Å². The van der Waals surface area contributed by atoms with Gasteiger partial charge in [0.25, 0.3) is 0 Å². The van der Waals surface area contributed by atoms with Crippen LogP contribution in [0.2, 0.25) is 0 Å². The van der Waals surface area contributed by atoms with Crippen molar-refractivity contribution in [3.8, 4) is 11.1 Å². The molecule has 7 heteroatoms. The van der Waals surface area contributed by atoms with Crippen molar-refractivity contribution in [1.82, 2.24) is 0 Å². The molecule has 2 amide bonds. The Bertz CT molecular complexity index is 1410. The van der Waals surface area contributed by atoms with E-state index in [4.69, 9.17) is 9.84 Å². The van der Waals surface area contributed by atoms with E-state index in [0.717, 1.165) is 65.4 Å². The van der Waals surface area contributed by atoms with E-state index >= 15 is 0 Å². The van der Waals surface area contributed by atoms with Crippen LogP contribution in [0.1, 0.15) is 64.0 Å². The lowest BCUT2D eigenvalue weighted by Gasteiger charge is -2.30. The van der Waals surface area contributed by atoms with Crippen LogP contribution in [-0.2, 0) is 20.9 Å². The zero-order chi connectivity index (χ0) is 30.3. The molecular formula is C35H40N2O5. The molecule has 42 heavy (non-hydrogen) atoms. The maximum Gasteiger partial charge on any atom is 0.414 e. The zero-order valence-electron chi connectivity index (χ0n) is 24.9. The van der Waals surface area contributed by atoms with Crippen LogP contribution in [0.4, 0.5) is 16.2 Å². The fourth-order valence-corrected chi connectivity index (χ4v) is 5.13. The first-order valence-corrected chi connectivity index (χ1v) is 14.5. The Hall–Kier alpha value is -4.39. The van der Waals surface area contributed by atoms with E-state index in [9.17, 15) is 14.4 Å². The van der Waals surface area contributed by atoms with Crippen LogP contribution >= 0.6 is 0 Å². The van der Waals surface area contributed by atoms with Crippen molar-refractivity contribution < 1.29 is 24.2 Å². The summed E-state index contributed by atoms with van der Waals surface area (Å²) in [5.74, 6) is -0.906. The highest BCUT2D eigenvalue weighted by Crippen LogP contribution is 2.30. The summed E-state index contributed by atoms with van der Waals surface area (Å²) in [6, 6.07) is 23.3. The van der Waals surface area contributed by atoms with Gasteiger partial charge in [0, 0.05) is 30.4 Å². The minimum absolute atomic E-state index is 0.00596. The van der Waals surface area contributed by atoms with Gasteiger partial charge in [0.2, 0.25) is 5.91 Å². The molecule has 1 aliphatic carbocycles. The minimum Gasteiger partial charge on any atom is -0.478 e. The van der Waals surface area contributed by atoms with Crippen LogP contribution in [0.15, 0.2) is 78.9 Å². The first kappa shape index (κ1) is 30.6. The predicted octanol–water partition coefficient (Wildman–Crippen LogP) is 7.94. The third-order valence-corrected chi connectivity index (χ3v) is 7.37. The van der Waals surface area contributed by atoms with E-state index in [1.165, 1.54) is 11.3 Å². The largest absolute Gasteiger partial charge is 0.478 e. The molecule has 0 spiro atoms. The smallest absolute Gasteiger partial charge is 0.414 e. The number of carbonyl (C=O) groups is 3. The number of anilines is 2. The van der Waals surface area contributed by atoms with Gasteiger partial charge < -0.3 is 14.7 Å². The highest BCUT2D eigenvalue weighted by Gasteiger charge is 2.27. The number of hydrogen-bond donors (Lipinski definition) is 1. The van der Waals surface area contributed by atoms with Crippen LogP contribution in [-0.4, -0.2) is 35.7 Å². The lowest BCUT2D eigenvalue weighted by molar-refractivity contribution is -0.131. The average molecular weight is 569 g/mol. The minimum atomic E-state index is -1.01. The van der Waals surface area contributed by atoms with Gasteiger partial charge in [-0.3, -0.25) is 9.69 Å². The summed E-state index contributed by atoms with van der Waals surface area (Å²) in [7, 11) is 1.69. The fraction of sp³-hybridized carbons (Fsp3) is 0.343. The Balaban J connectivity index is 1.52. The van der Waals surface area contributed by atoms with Crippen molar-refractivity contribution in [2.75, 3.05) is 16.8 Å². The third-order valence-electron chi connectivity index (χ3n) is 7.37. The molecule has 220 valence electrons. The Labute approximate surface area is 248 Å². The second-order valence-electron chi connectivity index (χ2n) is 11.8. The van der Waals surface area contributed by atoms with Crippen LogP contribution in [0.5, 0.6) is 0 Å². The number of nitrogens with zero attached hydrogens (tertiary/aromatic N) is 2. The Morgan fingerprint density at radius 1 is 0.881 bits per heavy atom. The quantitative estimate of drug-likeness (QED) is 0.279. The van der Waals surface area contributed by atoms with Gasteiger partial charge in [-0.25, -0.2) is 9.59 Å². The molecule has 3 aromatic carbocycles. The van der Waals surface area contributed by atoms with Gasteiger partial charge in [-0.05, 0) is 86.2 Å². The molecular weight excluding hydrogens is 528 g/mol. The number of hydrogen-bond acceptors (Lipinski definition) is 4. The summed E-state index contributed by atoms with van der Waals surface area (Å²) in [5, 5.41) is 9.04. The van der Waals surface area contributed by atoms with Crippen LogP contribution in [0.25, 0.3) is 17.2 Å². The van der Waals surface area contributed by atoms with E-state index in [1.807, 2.05) is 98.5 Å². The summed E-state index contributed by atoms with van der Waals surface area (Å²) in [6.45, 7) is 5.94. The molecule has 4 rings (SSSR count). The summed E-state index contributed by atoms with van der Waals surface area (Å²) in [6.07, 6.45) is 7.32. The number of carboxylic acids is 1. The first-order chi connectivity index (χ1) is 20.0. The number of amides is 2. The lowest BCUT2D eigenvalue weighted by atomic mass is 9.88. The summed E-state index contributed by atoms with van der Waals surface area (Å²) < 4.78 is 5.46. The SMILES string of the molecule is CN(C(=O)OC(C)(C)C)c1ccc(-c2ccc(CN(C(=O)C3CCCCC3)c3cccc(C=CC(=O)O)c3)cc2)cc1. The van der Waals surface area contributed by atoms with Crippen LogP contribution in [0, 0.1) is 5.92 Å². The molecule has 0 heterocycles. The van der Waals surface area contributed by atoms with Crippen LogP contribution in [0.3, 0.4) is 0 Å².